The highest BCUT2D eigenvalue weighted by molar-refractivity contribution is 7.99. The summed E-state index contributed by atoms with van der Waals surface area (Å²) < 4.78 is 1.75. The Balaban J connectivity index is 1.99. The van der Waals surface area contributed by atoms with E-state index in [-0.39, 0.29) is 6.10 Å². The van der Waals surface area contributed by atoms with Crippen LogP contribution in [0.5, 0.6) is 0 Å². The van der Waals surface area contributed by atoms with Crippen LogP contribution in [0.3, 0.4) is 0 Å². The summed E-state index contributed by atoms with van der Waals surface area (Å²) in [5.74, 6) is 1.36. The number of thioether (sulfide) groups is 1. The zero-order valence-corrected chi connectivity index (χ0v) is 9.26. The van der Waals surface area contributed by atoms with Gasteiger partial charge in [0.1, 0.15) is 0 Å². The van der Waals surface area contributed by atoms with E-state index >= 15 is 0 Å². The van der Waals surface area contributed by atoms with Gasteiger partial charge in [-0.05, 0) is 12.1 Å². The molecule has 1 N–H and O–H groups in total. The average molecular weight is 234 g/mol. The number of pyridine rings is 1. The van der Waals surface area contributed by atoms with Crippen LogP contribution < -0.4 is 0 Å². The van der Waals surface area contributed by atoms with Crippen molar-refractivity contribution < 1.29 is 5.11 Å². The summed E-state index contributed by atoms with van der Waals surface area (Å²) in [5.41, 5.74) is 0.902. The lowest BCUT2D eigenvalue weighted by atomic mass is 10.3. The highest BCUT2D eigenvalue weighted by Crippen LogP contribution is 2.25. The number of hydrogen-bond acceptors (Lipinski definition) is 5. The molecule has 5 nitrogen and oxygen atoms in total. The molecule has 0 spiro atoms. The minimum absolute atomic E-state index is 0.332. The van der Waals surface area contributed by atoms with Crippen LogP contribution in [0.4, 0.5) is 0 Å². The molecular weight excluding hydrogens is 224 g/mol. The van der Waals surface area contributed by atoms with Crippen LogP contribution in [0.2, 0.25) is 0 Å². The Hall–Kier alpha value is -1.40. The molecule has 0 radical (unpaired) electrons. The van der Waals surface area contributed by atoms with Gasteiger partial charge >= 0.3 is 0 Å². The molecule has 1 unspecified atom stereocenters. The van der Waals surface area contributed by atoms with Crippen LogP contribution in [0.15, 0.2) is 29.7 Å². The third-order valence-corrected chi connectivity index (χ3v) is 3.46. The van der Waals surface area contributed by atoms with Crippen molar-refractivity contribution in [2.24, 2.45) is 0 Å². The van der Waals surface area contributed by atoms with Crippen molar-refractivity contribution in [1.82, 2.24) is 19.7 Å². The number of aromatic nitrogens is 4. The number of aliphatic hydroxyl groups is 1. The molecule has 1 aliphatic rings. The molecule has 0 fully saturated rings. The smallest absolute Gasteiger partial charge is 0.186 e. The van der Waals surface area contributed by atoms with Crippen molar-refractivity contribution in [3.8, 4) is 11.4 Å². The van der Waals surface area contributed by atoms with Gasteiger partial charge in [0.2, 0.25) is 0 Å². The molecule has 3 rings (SSSR count). The molecule has 2 aromatic heterocycles. The van der Waals surface area contributed by atoms with Gasteiger partial charge in [-0.1, -0.05) is 11.8 Å². The number of rotatable bonds is 1. The molecule has 16 heavy (non-hydrogen) atoms. The normalized spacial score (nSPS) is 19.4. The minimum Gasteiger partial charge on any atom is -0.390 e. The molecule has 3 heterocycles. The van der Waals surface area contributed by atoms with Crippen molar-refractivity contribution in [3.63, 3.8) is 0 Å². The zero-order chi connectivity index (χ0) is 11.0. The topological polar surface area (TPSA) is 63.8 Å². The predicted molar refractivity (Wildman–Crippen MR) is 60.0 cm³/mol. The zero-order valence-electron chi connectivity index (χ0n) is 8.45. The van der Waals surface area contributed by atoms with Crippen LogP contribution in [0.1, 0.15) is 0 Å². The maximum Gasteiger partial charge on any atom is 0.186 e. The second-order valence-corrected chi connectivity index (χ2v) is 4.59. The van der Waals surface area contributed by atoms with E-state index in [4.69, 9.17) is 0 Å². The van der Waals surface area contributed by atoms with Gasteiger partial charge in [-0.2, -0.15) is 0 Å². The van der Waals surface area contributed by atoms with Gasteiger partial charge in [0.05, 0.1) is 12.6 Å². The second-order valence-electron chi connectivity index (χ2n) is 3.61. The fourth-order valence-electron chi connectivity index (χ4n) is 1.59. The van der Waals surface area contributed by atoms with Gasteiger partial charge in [-0.3, -0.25) is 4.98 Å². The van der Waals surface area contributed by atoms with Crippen LogP contribution in [-0.2, 0) is 6.54 Å². The standard InChI is InChI=1S/C10H10N4OS/c15-8-5-14-10(16-6-8)12-9(13-14)7-2-1-3-11-4-7/h1-4,8,15H,5-6H2. The van der Waals surface area contributed by atoms with Gasteiger partial charge in [0, 0.05) is 23.7 Å². The van der Waals surface area contributed by atoms with E-state index in [1.165, 1.54) is 11.8 Å². The minimum atomic E-state index is -0.332. The quantitative estimate of drug-likeness (QED) is 0.791. The Morgan fingerprint density at radius 3 is 3.25 bits per heavy atom. The third kappa shape index (κ3) is 1.70. The first-order chi connectivity index (χ1) is 7.83. The molecule has 2 aromatic rings. The van der Waals surface area contributed by atoms with Gasteiger partial charge in [-0.15, -0.1) is 5.10 Å². The number of aliphatic hydroxyl groups excluding tert-OH is 1. The van der Waals surface area contributed by atoms with E-state index in [1.54, 1.807) is 17.1 Å². The van der Waals surface area contributed by atoms with Crippen LogP contribution in [-0.4, -0.2) is 36.7 Å². The monoisotopic (exact) mass is 234 g/mol. The van der Waals surface area contributed by atoms with E-state index in [9.17, 15) is 5.11 Å². The molecule has 0 aromatic carbocycles. The van der Waals surface area contributed by atoms with E-state index in [0.717, 1.165) is 10.7 Å². The van der Waals surface area contributed by atoms with Gasteiger partial charge in [-0.25, -0.2) is 9.67 Å². The lowest BCUT2D eigenvalue weighted by Crippen LogP contribution is -2.24. The van der Waals surface area contributed by atoms with Gasteiger partial charge in [0.25, 0.3) is 0 Å². The second kappa shape index (κ2) is 3.88. The van der Waals surface area contributed by atoms with Crippen molar-refractivity contribution in [3.05, 3.63) is 24.5 Å². The van der Waals surface area contributed by atoms with Crippen molar-refractivity contribution in [2.75, 3.05) is 5.75 Å². The summed E-state index contributed by atoms with van der Waals surface area (Å²) >= 11 is 1.53. The predicted octanol–water partition coefficient (Wildman–Crippen LogP) is 0.807. The van der Waals surface area contributed by atoms with Crippen molar-refractivity contribution in [2.45, 2.75) is 17.8 Å². The fourth-order valence-corrected chi connectivity index (χ4v) is 2.46. The number of hydrogen-bond donors (Lipinski definition) is 1. The summed E-state index contributed by atoms with van der Waals surface area (Å²) in [6.07, 6.45) is 3.13. The summed E-state index contributed by atoms with van der Waals surface area (Å²) in [4.78, 5) is 8.46. The number of fused-ring (bicyclic) bond motifs is 1. The first-order valence-corrected chi connectivity index (χ1v) is 5.97. The number of nitrogens with zero attached hydrogens (tertiary/aromatic N) is 4. The Labute approximate surface area is 96.5 Å². The summed E-state index contributed by atoms with van der Waals surface area (Å²) in [6, 6.07) is 3.78. The fraction of sp³-hybridized carbons (Fsp3) is 0.300. The van der Waals surface area contributed by atoms with E-state index in [0.29, 0.717) is 18.1 Å². The van der Waals surface area contributed by atoms with E-state index in [2.05, 4.69) is 15.1 Å². The molecule has 82 valence electrons. The summed E-state index contributed by atoms with van der Waals surface area (Å²) in [5, 5.41) is 14.7. The first kappa shape index (κ1) is 9.80. The van der Waals surface area contributed by atoms with Crippen LogP contribution in [0.25, 0.3) is 11.4 Å². The lowest BCUT2D eigenvalue weighted by molar-refractivity contribution is 0.164. The average Bonchev–Trinajstić information content (AvgIpc) is 2.73. The molecule has 0 amide bonds. The summed E-state index contributed by atoms with van der Waals surface area (Å²) in [6.45, 7) is 0.523. The Morgan fingerprint density at radius 1 is 1.50 bits per heavy atom. The highest BCUT2D eigenvalue weighted by atomic mass is 32.2. The van der Waals surface area contributed by atoms with Crippen molar-refractivity contribution >= 4 is 11.8 Å². The Morgan fingerprint density at radius 2 is 2.44 bits per heavy atom. The molecule has 1 atom stereocenters. The largest absolute Gasteiger partial charge is 0.390 e. The summed E-state index contributed by atoms with van der Waals surface area (Å²) in [7, 11) is 0. The Kier molecular flexibility index (Phi) is 2.37. The molecular formula is C10H10N4OS. The highest BCUT2D eigenvalue weighted by Gasteiger charge is 2.20. The lowest BCUT2D eigenvalue weighted by Gasteiger charge is -2.16. The molecule has 0 saturated carbocycles. The van der Waals surface area contributed by atoms with Crippen LogP contribution in [0, 0.1) is 0 Å². The van der Waals surface area contributed by atoms with Crippen molar-refractivity contribution in [1.29, 1.82) is 0 Å². The maximum absolute atomic E-state index is 9.51. The molecule has 0 aliphatic carbocycles. The molecule has 0 saturated heterocycles. The third-order valence-electron chi connectivity index (χ3n) is 2.35. The van der Waals surface area contributed by atoms with E-state index in [1.807, 2.05) is 12.1 Å². The SMILES string of the molecule is OC1CSc2nc(-c3cccnc3)nn2C1. The van der Waals surface area contributed by atoms with E-state index < -0.39 is 0 Å². The van der Waals surface area contributed by atoms with Gasteiger partial charge in [0.15, 0.2) is 11.0 Å². The van der Waals surface area contributed by atoms with Gasteiger partial charge < -0.3 is 5.11 Å². The maximum atomic E-state index is 9.51. The Bertz CT molecular complexity index is 499. The molecule has 0 bridgehead atoms. The first-order valence-electron chi connectivity index (χ1n) is 4.99. The van der Waals surface area contributed by atoms with Crippen LogP contribution >= 0.6 is 11.8 Å². The molecule has 1 aliphatic heterocycles. The molecule has 6 heteroatoms.